The van der Waals surface area contributed by atoms with Gasteiger partial charge in [0.15, 0.2) is 0 Å². The van der Waals surface area contributed by atoms with E-state index in [9.17, 15) is 0 Å². The smallest absolute Gasteiger partial charge is 0.0858 e. The van der Waals surface area contributed by atoms with Gasteiger partial charge in [-0.3, -0.25) is 0 Å². The third-order valence-electron chi connectivity index (χ3n) is 3.45. The number of rotatable bonds is 3. The Hall–Kier alpha value is -1.98. The van der Waals surface area contributed by atoms with Gasteiger partial charge in [-0.1, -0.05) is 57.5 Å². The SMILES string of the molecule is Cc1cccc(C(N)c2cnnn2-c2ccccc2)c1Br. The van der Waals surface area contributed by atoms with Gasteiger partial charge >= 0.3 is 0 Å². The summed E-state index contributed by atoms with van der Waals surface area (Å²) in [6.07, 6.45) is 1.71. The molecule has 0 amide bonds. The lowest BCUT2D eigenvalue weighted by Crippen LogP contribution is -2.17. The number of hydrogen-bond donors (Lipinski definition) is 1. The van der Waals surface area contributed by atoms with Crippen LogP contribution in [0, 0.1) is 6.92 Å². The predicted octanol–water partition coefficient (Wildman–Crippen LogP) is 3.39. The van der Waals surface area contributed by atoms with Crippen LogP contribution in [0.1, 0.15) is 22.9 Å². The molecule has 0 saturated carbocycles. The van der Waals surface area contributed by atoms with Crippen molar-refractivity contribution in [2.75, 3.05) is 0 Å². The summed E-state index contributed by atoms with van der Waals surface area (Å²) in [6.45, 7) is 2.05. The summed E-state index contributed by atoms with van der Waals surface area (Å²) in [7, 11) is 0. The molecule has 1 heterocycles. The van der Waals surface area contributed by atoms with Gasteiger partial charge in [-0.05, 0) is 30.2 Å². The average Bonchev–Trinajstić information content (AvgIpc) is 3.00. The second-order valence-electron chi connectivity index (χ2n) is 4.86. The maximum absolute atomic E-state index is 6.44. The first-order valence-corrected chi connectivity index (χ1v) is 7.44. The van der Waals surface area contributed by atoms with Crippen LogP contribution in [0.15, 0.2) is 59.2 Å². The second kappa shape index (κ2) is 5.79. The molecule has 2 N–H and O–H groups in total. The highest BCUT2D eigenvalue weighted by Gasteiger charge is 2.18. The van der Waals surface area contributed by atoms with Gasteiger partial charge in [-0.2, -0.15) is 0 Å². The molecule has 0 radical (unpaired) electrons. The van der Waals surface area contributed by atoms with E-state index in [0.717, 1.165) is 27.0 Å². The van der Waals surface area contributed by atoms with Crippen LogP contribution in [0.5, 0.6) is 0 Å². The van der Waals surface area contributed by atoms with Crippen LogP contribution in [0.4, 0.5) is 0 Å². The third kappa shape index (κ3) is 2.62. The maximum Gasteiger partial charge on any atom is 0.0858 e. The third-order valence-corrected chi connectivity index (χ3v) is 4.54. The fourth-order valence-electron chi connectivity index (χ4n) is 2.29. The van der Waals surface area contributed by atoms with E-state index in [2.05, 4.69) is 26.2 Å². The molecule has 0 aliphatic heterocycles. The van der Waals surface area contributed by atoms with Crippen LogP contribution in [-0.4, -0.2) is 15.0 Å². The lowest BCUT2D eigenvalue weighted by atomic mass is 10.0. The standard InChI is InChI=1S/C16H15BrN4/c1-11-6-5-9-13(15(11)17)16(18)14-10-19-20-21(14)12-7-3-2-4-8-12/h2-10,16H,18H2,1H3. The zero-order valence-electron chi connectivity index (χ0n) is 11.6. The number of nitrogens with two attached hydrogens (primary N) is 1. The van der Waals surface area contributed by atoms with E-state index >= 15 is 0 Å². The molecule has 3 aromatic rings. The minimum Gasteiger partial charge on any atom is -0.319 e. The molecule has 1 atom stereocenters. The Morgan fingerprint density at radius 2 is 1.86 bits per heavy atom. The number of halogens is 1. The van der Waals surface area contributed by atoms with Crippen molar-refractivity contribution >= 4 is 15.9 Å². The lowest BCUT2D eigenvalue weighted by molar-refractivity contribution is 0.718. The van der Waals surface area contributed by atoms with E-state index in [4.69, 9.17) is 5.73 Å². The Balaban J connectivity index is 2.06. The largest absolute Gasteiger partial charge is 0.319 e. The Morgan fingerprint density at radius 3 is 2.62 bits per heavy atom. The van der Waals surface area contributed by atoms with Crippen LogP contribution in [-0.2, 0) is 0 Å². The average molecular weight is 343 g/mol. The number of aromatic nitrogens is 3. The number of para-hydroxylation sites is 1. The molecule has 0 saturated heterocycles. The second-order valence-corrected chi connectivity index (χ2v) is 5.66. The molecule has 2 aromatic carbocycles. The fourth-order valence-corrected chi connectivity index (χ4v) is 2.81. The molecule has 106 valence electrons. The molecule has 0 bridgehead atoms. The molecular formula is C16H15BrN4. The van der Waals surface area contributed by atoms with Gasteiger partial charge in [-0.15, -0.1) is 5.10 Å². The maximum atomic E-state index is 6.44. The molecule has 0 aliphatic carbocycles. The quantitative estimate of drug-likeness (QED) is 0.793. The van der Waals surface area contributed by atoms with Crippen molar-refractivity contribution in [3.05, 3.63) is 76.0 Å². The van der Waals surface area contributed by atoms with Crippen molar-refractivity contribution in [1.29, 1.82) is 0 Å². The van der Waals surface area contributed by atoms with Crippen LogP contribution >= 0.6 is 15.9 Å². The van der Waals surface area contributed by atoms with Crippen molar-refractivity contribution in [2.24, 2.45) is 5.73 Å². The number of hydrogen-bond acceptors (Lipinski definition) is 3. The Bertz CT molecular complexity index is 752. The summed E-state index contributed by atoms with van der Waals surface area (Å²) in [5, 5.41) is 8.17. The fraction of sp³-hybridized carbons (Fsp3) is 0.125. The van der Waals surface area contributed by atoms with E-state index < -0.39 is 0 Å². The van der Waals surface area contributed by atoms with Crippen molar-refractivity contribution < 1.29 is 0 Å². The summed E-state index contributed by atoms with van der Waals surface area (Å²) in [4.78, 5) is 0. The highest BCUT2D eigenvalue weighted by atomic mass is 79.9. The predicted molar refractivity (Wildman–Crippen MR) is 86.3 cm³/mol. The first-order chi connectivity index (χ1) is 10.2. The monoisotopic (exact) mass is 342 g/mol. The highest BCUT2D eigenvalue weighted by Crippen LogP contribution is 2.29. The van der Waals surface area contributed by atoms with Gasteiger partial charge in [0.25, 0.3) is 0 Å². The van der Waals surface area contributed by atoms with Crippen LogP contribution in [0.2, 0.25) is 0 Å². The van der Waals surface area contributed by atoms with Crippen LogP contribution in [0.25, 0.3) is 5.69 Å². The summed E-state index contributed by atoms with van der Waals surface area (Å²) in [5.41, 5.74) is 10.4. The highest BCUT2D eigenvalue weighted by molar-refractivity contribution is 9.10. The van der Waals surface area contributed by atoms with E-state index in [1.165, 1.54) is 0 Å². The molecule has 5 heteroatoms. The number of benzene rings is 2. The van der Waals surface area contributed by atoms with E-state index in [-0.39, 0.29) is 6.04 Å². The van der Waals surface area contributed by atoms with Crippen molar-refractivity contribution in [3.8, 4) is 5.69 Å². The molecule has 1 unspecified atom stereocenters. The van der Waals surface area contributed by atoms with Gasteiger partial charge in [0.2, 0.25) is 0 Å². The number of aryl methyl sites for hydroxylation is 1. The van der Waals surface area contributed by atoms with Gasteiger partial charge in [0.05, 0.1) is 23.6 Å². The topological polar surface area (TPSA) is 56.7 Å². The van der Waals surface area contributed by atoms with Gasteiger partial charge in [-0.25, -0.2) is 4.68 Å². The Morgan fingerprint density at radius 1 is 1.10 bits per heavy atom. The summed E-state index contributed by atoms with van der Waals surface area (Å²) >= 11 is 3.62. The zero-order valence-corrected chi connectivity index (χ0v) is 13.2. The minimum absolute atomic E-state index is 0.297. The Kier molecular flexibility index (Phi) is 3.86. The van der Waals surface area contributed by atoms with Gasteiger partial charge < -0.3 is 5.73 Å². The zero-order chi connectivity index (χ0) is 14.8. The lowest BCUT2D eigenvalue weighted by Gasteiger charge is -2.16. The molecule has 0 fully saturated rings. The normalized spacial score (nSPS) is 12.3. The molecule has 4 nitrogen and oxygen atoms in total. The van der Waals surface area contributed by atoms with Crippen LogP contribution in [0.3, 0.4) is 0 Å². The molecule has 0 aliphatic rings. The van der Waals surface area contributed by atoms with Gasteiger partial charge in [0, 0.05) is 4.47 Å². The molecule has 21 heavy (non-hydrogen) atoms. The van der Waals surface area contributed by atoms with Crippen molar-refractivity contribution in [2.45, 2.75) is 13.0 Å². The first-order valence-electron chi connectivity index (χ1n) is 6.65. The van der Waals surface area contributed by atoms with Crippen molar-refractivity contribution in [1.82, 2.24) is 15.0 Å². The van der Waals surface area contributed by atoms with Gasteiger partial charge in [0.1, 0.15) is 0 Å². The summed E-state index contributed by atoms with van der Waals surface area (Å²) in [6, 6.07) is 15.6. The first kappa shape index (κ1) is 14.0. The molecule has 3 rings (SSSR count). The van der Waals surface area contributed by atoms with Crippen LogP contribution < -0.4 is 5.73 Å². The van der Waals surface area contributed by atoms with Crippen molar-refractivity contribution in [3.63, 3.8) is 0 Å². The summed E-state index contributed by atoms with van der Waals surface area (Å²) in [5.74, 6) is 0. The van der Waals surface area contributed by atoms with E-state index in [1.807, 2.05) is 55.5 Å². The summed E-state index contributed by atoms with van der Waals surface area (Å²) < 4.78 is 2.80. The minimum atomic E-state index is -0.297. The molecular weight excluding hydrogens is 328 g/mol. The van der Waals surface area contributed by atoms with E-state index in [0.29, 0.717) is 0 Å². The molecule has 1 aromatic heterocycles. The molecule has 0 spiro atoms. The number of nitrogens with zero attached hydrogens (tertiary/aromatic N) is 3. The Labute approximate surface area is 131 Å². The van der Waals surface area contributed by atoms with E-state index in [1.54, 1.807) is 10.9 Å².